The Bertz CT molecular complexity index is 416. The first kappa shape index (κ1) is 16.2. The molecule has 1 saturated carbocycles. The van der Waals surface area contributed by atoms with E-state index in [1.807, 2.05) is 0 Å². The topological polar surface area (TPSA) is 58.8 Å². The first-order chi connectivity index (χ1) is 10.5. The van der Waals surface area contributed by atoms with Gasteiger partial charge < -0.3 is 15.4 Å². The smallest absolute Gasteiger partial charge is 0.225 e. The van der Waals surface area contributed by atoms with Gasteiger partial charge in [0.05, 0.1) is 12.0 Å². The Morgan fingerprint density at radius 3 is 2.50 bits per heavy atom. The van der Waals surface area contributed by atoms with Crippen LogP contribution >= 0.6 is 0 Å². The summed E-state index contributed by atoms with van der Waals surface area (Å²) < 4.78 is 5.82. The summed E-state index contributed by atoms with van der Waals surface area (Å²) in [6.07, 6.45) is 5.38. The van der Waals surface area contributed by atoms with Crippen LogP contribution in [-0.2, 0) is 9.53 Å². The molecular formula is C17H31N3O2. The lowest BCUT2D eigenvalue weighted by Gasteiger charge is -2.56. The highest BCUT2D eigenvalue weighted by Gasteiger charge is 2.62. The Balaban J connectivity index is 1.96. The highest BCUT2D eigenvalue weighted by molar-refractivity contribution is 5.82. The molecular weight excluding hydrogens is 278 g/mol. The van der Waals surface area contributed by atoms with E-state index in [-0.39, 0.29) is 11.4 Å². The third-order valence-corrected chi connectivity index (χ3v) is 6.64. The van der Waals surface area contributed by atoms with E-state index in [2.05, 4.69) is 23.8 Å². The zero-order chi connectivity index (χ0) is 15.8. The number of carbonyl (C=O) groups excluding carboxylic acids is 1. The standard InChI is InChI=1S/C17H31N3O2/c1-16(15(18)21)6-4-7-17(16,14-5-3-12-22-13-14)20-10-8-19(2)9-11-20/h14H,3-13H2,1-2H3,(H2,18,21). The van der Waals surface area contributed by atoms with Gasteiger partial charge in [0.25, 0.3) is 0 Å². The van der Waals surface area contributed by atoms with Crippen molar-refractivity contribution in [3.05, 3.63) is 0 Å². The van der Waals surface area contributed by atoms with E-state index < -0.39 is 5.41 Å². The van der Waals surface area contributed by atoms with Crippen LogP contribution in [0.3, 0.4) is 0 Å². The molecule has 3 atom stereocenters. The largest absolute Gasteiger partial charge is 0.381 e. The molecule has 0 aromatic carbocycles. The summed E-state index contributed by atoms with van der Waals surface area (Å²) in [5, 5.41) is 0. The van der Waals surface area contributed by atoms with Crippen LogP contribution in [0.2, 0.25) is 0 Å². The molecule has 0 bridgehead atoms. The second kappa shape index (κ2) is 6.10. The van der Waals surface area contributed by atoms with Crippen molar-refractivity contribution in [1.29, 1.82) is 0 Å². The molecule has 2 aliphatic heterocycles. The Labute approximate surface area is 134 Å². The van der Waals surface area contributed by atoms with Crippen molar-refractivity contribution in [2.75, 3.05) is 46.4 Å². The maximum atomic E-state index is 12.4. The molecule has 5 nitrogen and oxygen atoms in total. The van der Waals surface area contributed by atoms with Crippen molar-refractivity contribution in [2.45, 2.75) is 44.6 Å². The predicted octanol–water partition coefficient (Wildman–Crippen LogP) is 1.07. The van der Waals surface area contributed by atoms with E-state index >= 15 is 0 Å². The van der Waals surface area contributed by atoms with Crippen molar-refractivity contribution in [3.63, 3.8) is 0 Å². The number of amides is 1. The maximum Gasteiger partial charge on any atom is 0.225 e. The van der Waals surface area contributed by atoms with Crippen LogP contribution in [-0.4, -0.2) is 67.7 Å². The molecule has 0 aromatic rings. The van der Waals surface area contributed by atoms with E-state index in [4.69, 9.17) is 10.5 Å². The Hall–Kier alpha value is -0.650. The number of rotatable bonds is 3. The molecule has 0 radical (unpaired) electrons. The average Bonchev–Trinajstić information content (AvgIpc) is 2.89. The number of hydrogen-bond acceptors (Lipinski definition) is 4. The van der Waals surface area contributed by atoms with Crippen LogP contribution in [0.15, 0.2) is 0 Å². The number of ether oxygens (including phenoxy) is 1. The third-order valence-electron chi connectivity index (χ3n) is 6.64. The van der Waals surface area contributed by atoms with E-state index in [9.17, 15) is 4.79 Å². The minimum Gasteiger partial charge on any atom is -0.381 e. The first-order valence-electron chi connectivity index (χ1n) is 8.82. The van der Waals surface area contributed by atoms with Gasteiger partial charge in [-0.15, -0.1) is 0 Å². The third kappa shape index (κ3) is 2.38. The van der Waals surface area contributed by atoms with Gasteiger partial charge in [0.2, 0.25) is 5.91 Å². The van der Waals surface area contributed by atoms with Gasteiger partial charge in [-0.25, -0.2) is 0 Å². The van der Waals surface area contributed by atoms with Gasteiger partial charge in [0, 0.05) is 44.2 Å². The maximum absolute atomic E-state index is 12.4. The number of nitrogens with two attached hydrogens (primary N) is 1. The lowest BCUT2D eigenvalue weighted by atomic mass is 9.63. The Morgan fingerprint density at radius 1 is 1.18 bits per heavy atom. The zero-order valence-corrected chi connectivity index (χ0v) is 14.1. The molecule has 0 spiro atoms. The summed E-state index contributed by atoms with van der Waals surface area (Å²) in [6, 6.07) is 0. The molecule has 1 aliphatic carbocycles. The quantitative estimate of drug-likeness (QED) is 0.847. The number of primary amides is 1. The van der Waals surface area contributed by atoms with Crippen molar-refractivity contribution < 1.29 is 9.53 Å². The fraction of sp³-hybridized carbons (Fsp3) is 0.941. The van der Waals surface area contributed by atoms with Gasteiger partial charge in [-0.1, -0.05) is 6.42 Å². The minimum atomic E-state index is -0.422. The van der Waals surface area contributed by atoms with Gasteiger partial charge in [-0.3, -0.25) is 9.69 Å². The molecule has 3 unspecified atom stereocenters. The minimum absolute atomic E-state index is 0.0967. The van der Waals surface area contributed by atoms with E-state index in [0.717, 1.165) is 71.5 Å². The molecule has 3 rings (SSSR count). The normalized spacial score (nSPS) is 41.6. The molecule has 1 amide bonds. The van der Waals surface area contributed by atoms with Gasteiger partial charge in [-0.2, -0.15) is 0 Å². The Kier molecular flexibility index (Phi) is 4.49. The summed E-state index contributed by atoms with van der Waals surface area (Å²) in [7, 11) is 2.18. The molecule has 2 heterocycles. The van der Waals surface area contributed by atoms with Gasteiger partial charge in [-0.05, 0) is 39.7 Å². The summed E-state index contributed by atoms with van der Waals surface area (Å²) >= 11 is 0. The van der Waals surface area contributed by atoms with Crippen molar-refractivity contribution in [3.8, 4) is 0 Å². The molecule has 3 aliphatic rings. The summed E-state index contributed by atoms with van der Waals surface area (Å²) in [5.74, 6) is 0.319. The van der Waals surface area contributed by atoms with Crippen molar-refractivity contribution >= 4 is 5.91 Å². The summed E-state index contributed by atoms with van der Waals surface area (Å²) in [4.78, 5) is 17.4. The molecule has 5 heteroatoms. The number of nitrogens with zero attached hydrogens (tertiary/aromatic N) is 2. The van der Waals surface area contributed by atoms with Crippen LogP contribution in [0.5, 0.6) is 0 Å². The van der Waals surface area contributed by atoms with Crippen LogP contribution in [0.1, 0.15) is 39.0 Å². The molecule has 2 N–H and O–H groups in total. The van der Waals surface area contributed by atoms with E-state index in [1.54, 1.807) is 0 Å². The summed E-state index contributed by atoms with van der Waals surface area (Å²) in [6.45, 7) is 7.99. The molecule has 0 aromatic heterocycles. The summed E-state index contributed by atoms with van der Waals surface area (Å²) in [5.41, 5.74) is 5.41. The highest BCUT2D eigenvalue weighted by atomic mass is 16.5. The number of carbonyl (C=O) groups is 1. The van der Waals surface area contributed by atoms with Crippen LogP contribution < -0.4 is 5.73 Å². The van der Waals surface area contributed by atoms with Gasteiger partial charge >= 0.3 is 0 Å². The monoisotopic (exact) mass is 309 g/mol. The van der Waals surface area contributed by atoms with Crippen LogP contribution in [0.4, 0.5) is 0 Å². The number of likely N-dealkylation sites (N-methyl/N-ethyl adjacent to an activating group) is 1. The highest BCUT2D eigenvalue weighted by Crippen LogP contribution is 2.55. The second-order valence-electron chi connectivity index (χ2n) is 7.68. The lowest BCUT2D eigenvalue weighted by molar-refractivity contribution is -0.148. The molecule has 3 fully saturated rings. The van der Waals surface area contributed by atoms with Crippen LogP contribution in [0.25, 0.3) is 0 Å². The number of hydrogen-bond donors (Lipinski definition) is 1. The van der Waals surface area contributed by atoms with Gasteiger partial charge in [0.15, 0.2) is 0 Å². The van der Waals surface area contributed by atoms with Crippen LogP contribution in [0, 0.1) is 11.3 Å². The van der Waals surface area contributed by atoms with Crippen molar-refractivity contribution in [2.24, 2.45) is 17.1 Å². The van der Waals surface area contributed by atoms with E-state index in [0.29, 0.717) is 5.92 Å². The number of piperazine rings is 1. The SMILES string of the molecule is CN1CCN(C2(C3CCCOC3)CCCC2(C)C(N)=O)CC1. The predicted molar refractivity (Wildman–Crippen MR) is 86.5 cm³/mol. The first-order valence-corrected chi connectivity index (χ1v) is 8.82. The second-order valence-corrected chi connectivity index (χ2v) is 7.68. The molecule has 2 saturated heterocycles. The molecule has 22 heavy (non-hydrogen) atoms. The van der Waals surface area contributed by atoms with E-state index in [1.165, 1.54) is 0 Å². The fourth-order valence-corrected chi connectivity index (χ4v) is 5.28. The van der Waals surface area contributed by atoms with Crippen molar-refractivity contribution in [1.82, 2.24) is 9.80 Å². The zero-order valence-electron chi connectivity index (χ0n) is 14.1. The van der Waals surface area contributed by atoms with Gasteiger partial charge in [0.1, 0.15) is 0 Å². The fourth-order valence-electron chi connectivity index (χ4n) is 5.28. The molecule has 126 valence electrons. The Morgan fingerprint density at radius 2 is 1.91 bits per heavy atom. The lowest BCUT2D eigenvalue weighted by Crippen LogP contribution is -2.68. The average molecular weight is 309 g/mol.